The van der Waals surface area contributed by atoms with Gasteiger partial charge in [-0.3, -0.25) is 14.4 Å². The molecule has 0 fully saturated rings. The Bertz CT molecular complexity index is 1340. The van der Waals surface area contributed by atoms with Crippen molar-refractivity contribution < 1.29 is 28.6 Å². The maximum Gasteiger partial charge on any atom is 0.306 e. The van der Waals surface area contributed by atoms with Gasteiger partial charge in [-0.1, -0.05) is 207 Å². The Hall–Kier alpha value is -3.93. The molecular formula is C58H94O6. The van der Waals surface area contributed by atoms with Gasteiger partial charge in [0.05, 0.1) is 0 Å². The first kappa shape index (κ1) is 60.1. The van der Waals surface area contributed by atoms with Crippen molar-refractivity contribution in [3.8, 4) is 0 Å². The molecule has 0 aliphatic heterocycles. The summed E-state index contributed by atoms with van der Waals surface area (Å²) in [5.74, 6) is -1.01. The molecule has 0 aromatic carbocycles. The molecule has 0 saturated heterocycles. The number of ether oxygens (including phenoxy) is 3. The number of hydrogen-bond donors (Lipinski definition) is 0. The molecule has 0 aliphatic rings. The van der Waals surface area contributed by atoms with Gasteiger partial charge in [0.25, 0.3) is 0 Å². The van der Waals surface area contributed by atoms with Gasteiger partial charge in [0, 0.05) is 19.3 Å². The fourth-order valence-electron chi connectivity index (χ4n) is 6.69. The summed E-state index contributed by atoms with van der Waals surface area (Å²) >= 11 is 0. The second-order valence-corrected chi connectivity index (χ2v) is 16.8. The number of esters is 3. The van der Waals surface area contributed by atoms with E-state index in [9.17, 15) is 14.4 Å². The molecule has 1 atom stereocenters. The topological polar surface area (TPSA) is 78.9 Å². The first-order chi connectivity index (χ1) is 31.5. The highest BCUT2D eigenvalue weighted by molar-refractivity contribution is 5.71. The molecular weight excluding hydrogens is 793 g/mol. The summed E-state index contributed by atoms with van der Waals surface area (Å²) in [6.45, 7) is 6.38. The van der Waals surface area contributed by atoms with Crippen molar-refractivity contribution in [2.45, 2.75) is 226 Å². The lowest BCUT2D eigenvalue weighted by Crippen LogP contribution is -2.30. The van der Waals surface area contributed by atoms with E-state index < -0.39 is 6.10 Å². The Morgan fingerprint density at radius 1 is 0.344 bits per heavy atom. The Labute approximate surface area is 393 Å². The number of allylic oxidation sites excluding steroid dienone is 18. The van der Waals surface area contributed by atoms with E-state index >= 15 is 0 Å². The molecule has 0 radical (unpaired) electrons. The van der Waals surface area contributed by atoms with Crippen molar-refractivity contribution in [1.29, 1.82) is 0 Å². The summed E-state index contributed by atoms with van der Waals surface area (Å²) < 4.78 is 16.7. The van der Waals surface area contributed by atoms with Gasteiger partial charge in [-0.25, -0.2) is 0 Å². The number of unbranched alkanes of at least 4 members (excludes halogenated alkanes) is 20. The van der Waals surface area contributed by atoms with Crippen molar-refractivity contribution >= 4 is 17.9 Å². The van der Waals surface area contributed by atoms with Crippen LogP contribution >= 0.6 is 0 Å². The van der Waals surface area contributed by atoms with E-state index in [0.717, 1.165) is 109 Å². The van der Waals surface area contributed by atoms with Crippen LogP contribution in [0.3, 0.4) is 0 Å². The Morgan fingerprint density at radius 3 is 1.19 bits per heavy atom. The maximum absolute atomic E-state index is 12.8. The summed E-state index contributed by atoms with van der Waals surface area (Å²) in [5, 5.41) is 0. The molecule has 0 spiro atoms. The maximum atomic E-state index is 12.8. The third kappa shape index (κ3) is 49.1. The van der Waals surface area contributed by atoms with Gasteiger partial charge in [-0.15, -0.1) is 0 Å². The number of hydrogen-bond acceptors (Lipinski definition) is 6. The largest absolute Gasteiger partial charge is 0.462 e. The zero-order valence-corrected chi connectivity index (χ0v) is 41.3. The summed E-state index contributed by atoms with van der Waals surface area (Å²) in [5.41, 5.74) is 0. The normalized spacial score (nSPS) is 13.0. The second-order valence-electron chi connectivity index (χ2n) is 16.8. The molecule has 64 heavy (non-hydrogen) atoms. The van der Waals surface area contributed by atoms with Crippen molar-refractivity contribution in [2.75, 3.05) is 13.2 Å². The van der Waals surface area contributed by atoms with E-state index in [4.69, 9.17) is 14.2 Å². The van der Waals surface area contributed by atoms with Gasteiger partial charge in [-0.2, -0.15) is 0 Å². The van der Waals surface area contributed by atoms with Crippen LogP contribution in [0.2, 0.25) is 0 Å². The van der Waals surface area contributed by atoms with Gasteiger partial charge >= 0.3 is 17.9 Å². The van der Waals surface area contributed by atoms with E-state index in [2.05, 4.69) is 130 Å². The van der Waals surface area contributed by atoms with Crippen molar-refractivity contribution in [1.82, 2.24) is 0 Å². The minimum Gasteiger partial charge on any atom is -0.462 e. The molecule has 362 valence electrons. The number of carbonyl (C=O) groups is 3. The summed E-state index contributed by atoms with van der Waals surface area (Å²) in [6.07, 6.45) is 69.3. The van der Waals surface area contributed by atoms with Gasteiger partial charge in [0.1, 0.15) is 13.2 Å². The zero-order chi connectivity index (χ0) is 46.5. The standard InChI is InChI=1S/C58H94O6/c1-4-7-10-13-16-19-22-25-27-29-30-32-33-36-39-42-45-48-51-57(60)63-54-55(53-62-56(59)50-47-44-41-38-35-24-21-18-15-12-9-6-3)64-58(61)52-49-46-43-40-37-34-31-28-26-23-20-17-14-11-8-5-2/h9,12,16,18-19,21-22,25,27-32,34-35,37-38,55H,4-8,10-11,13-15,17,20,23-24,26,33,36,39-54H2,1-3H3/b12-9-,19-16-,21-18-,25-22-,29-27-,31-28-,32-30-,37-34-,38-35-. The van der Waals surface area contributed by atoms with Crippen LogP contribution in [-0.4, -0.2) is 37.2 Å². The minimum absolute atomic E-state index is 0.115. The van der Waals surface area contributed by atoms with E-state index in [0.29, 0.717) is 19.3 Å². The van der Waals surface area contributed by atoms with Crippen LogP contribution < -0.4 is 0 Å². The minimum atomic E-state index is -0.819. The first-order valence-corrected chi connectivity index (χ1v) is 26.0. The highest BCUT2D eigenvalue weighted by atomic mass is 16.6. The molecule has 0 aromatic heterocycles. The molecule has 0 bridgehead atoms. The molecule has 0 N–H and O–H groups in total. The Kier molecular flexibility index (Phi) is 48.5. The summed E-state index contributed by atoms with van der Waals surface area (Å²) in [6, 6.07) is 0. The van der Waals surface area contributed by atoms with Crippen molar-refractivity contribution in [3.63, 3.8) is 0 Å². The zero-order valence-electron chi connectivity index (χ0n) is 41.3. The van der Waals surface area contributed by atoms with Crippen LogP contribution in [0, 0.1) is 0 Å². The summed E-state index contributed by atoms with van der Waals surface area (Å²) in [7, 11) is 0. The van der Waals surface area contributed by atoms with E-state index in [-0.39, 0.29) is 37.5 Å². The quantitative estimate of drug-likeness (QED) is 0.0199. The average molecular weight is 887 g/mol. The van der Waals surface area contributed by atoms with Crippen LogP contribution in [0.15, 0.2) is 109 Å². The molecule has 0 aromatic rings. The molecule has 0 heterocycles. The third-order valence-electron chi connectivity index (χ3n) is 10.6. The monoisotopic (exact) mass is 887 g/mol. The van der Waals surface area contributed by atoms with Gasteiger partial charge in [-0.05, 0) is 103 Å². The highest BCUT2D eigenvalue weighted by Gasteiger charge is 2.19. The average Bonchev–Trinajstić information content (AvgIpc) is 3.29. The van der Waals surface area contributed by atoms with Crippen LogP contribution in [0.25, 0.3) is 0 Å². The Morgan fingerprint density at radius 2 is 0.672 bits per heavy atom. The fourth-order valence-corrected chi connectivity index (χ4v) is 6.69. The third-order valence-corrected chi connectivity index (χ3v) is 10.6. The molecule has 0 rings (SSSR count). The molecule has 0 saturated carbocycles. The van der Waals surface area contributed by atoms with Crippen molar-refractivity contribution in [2.24, 2.45) is 0 Å². The molecule has 0 amide bonds. The first-order valence-electron chi connectivity index (χ1n) is 26.0. The van der Waals surface area contributed by atoms with Crippen LogP contribution in [-0.2, 0) is 28.6 Å². The number of rotatable bonds is 45. The Balaban J connectivity index is 4.53. The van der Waals surface area contributed by atoms with E-state index in [1.54, 1.807) is 0 Å². The molecule has 0 aliphatic carbocycles. The van der Waals surface area contributed by atoms with Crippen LogP contribution in [0.4, 0.5) is 0 Å². The fraction of sp³-hybridized carbons (Fsp3) is 0.638. The lowest BCUT2D eigenvalue weighted by molar-refractivity contribution is -0.167. The van der Waals surface area contributed by atoms with E-state index in [1.807, 2.05) is 0 Å². The second kappa shape index (κ2) is 51.7. The lowest BCUT2D eigenvalue weighted by Gasteiger charge is -2.18. The van der Waals surface area contributed by atoms with Gasteiger partial charge in [0.15, 0.2) is 6.10 Å². The van der Waals surface area contributed by atoms with Crippen molar-refractivity contribution in [3.05, 3.63) is 109 Å². The SMILES string of the molecule is CC/C=C\C/C=C\C/C=C\CCCCC(=O)OCC(COC(=O)CCCCCCC\C=C/C=C\C=C/C=C\CCCCC)OC(=O)CCCCC/C=C\C=C/CCCCCCCCC. The van der Waals surface area contributed by atoms with Gasteiger partial charge in [0.2, 0.25) is 0 Å². The summed E-state index contributed by atoms with van der Waals surface area (Å²) in [4.78, 5) is 38.0. The predicted octanol–water partition coefficient (Wildman–Crippen LogP) is 17.1. The molecule has 6 heteroatoms. The molecule has 1 unspecified atom stereocenters. The predicted molar refractivity (Wildman–Crippen MR) is 274 cm³/mol. The molecule has 6 nitrogen and oxygen atoms in total. The highest BCUT2D eigenvalue weighted by Crippen LogP contribution is 2.12. The van der Waals surface area contributed by atoms with Crippen LogP contribution in [0.1, 0.15) is 220 Å². The van der Waals surface area contributed by atoms with Crippen LogP contribution in [0.5, 0.6) is 0 Å². The smallest absolute Gasteiger partial charge is 0.306 e. The number of carbonyl (C=O) groups excluding carboxylic acids is 3. The lowest BCUT2D eigenvalue weighted by atomic mass is 10.1. The van der Waals surface area contributed by atoms with Gasteiger partial charge < -0.3 is 14.2 Å². The van der Waals surface area contributed by atoms with E-state index in [1.165, 1.54) is 64.2 Å².